The Kier molecular flexibility index (Phi) is 5.10. The molecule has 19 heavy (non-hydrogen) atoms. The summed E-state index contributed by atoms with van der Waals surface area (Å²) in [7, 11) is 1.61. The zero-order valence-electron chi connectivity index (χ0n) is 11.9. The lowest BCUT2D eigenvalue weighted by molar-refractivity contribution is -0.147. The monoisotopic (exact) mass is 263 g/mol. The molecule has 1 unspecified atom stereocenters. The summed E-state index contributed by atoms with van der Waals surface area (Å²) in [4.78, 5) is 24.8. The Morgan fingerprint density at radius 2 is 1.74 bits per heavy atom. The number of benzene rings is 1. The van der Waals surface area contributed by atoms with Crippen LogP contribution < -0.4 is 4.90 Å². The molecule has 1 amide bonds. The number of anilines is 1. The molecule has 0 saturated carbocycles. The zero-order chi connectivity index (χ0) is 14.6. The Labute approximate surface area is 114 Å². The molecule has 0 radical (unpaired) electrons. The number of aryl methyl sites for hydroxylation is 1. The number of nitrogens with zero attached hydrogens (tertiary/aromatic N) is 1. The largest absolute Gasteiger partial charge is 0.481 e. The second-order valence-electron chi connectivity index (χ2n) is 4.98. The molecule has 104 valence electrons. The van der Waals surface area contributed by atoms with Crippen molar-refractivity contribution in [3.05, 3.63) is 29.8 Å². The number of carbonyl (C=O) groups excluding carboxylic acids is 1. The molecule has 1 N–H and O–H groups in total. The predicted octanol–water partition coefficient (Wildman–Crippen LogP) is 2.57. The van der Waals surface area contributed by atoms with E-state index in [0.29, 0.717) is 5.69 Å². The number of hydrogen-bond donors (Lipinski definition) is 1. The second-order valence-corrected chi connectivity index (χ2v) is 4.98. The molecule has 0 aliphatic heterocycles. The van der Waals surface area contributed by atoms with E-state index in [9.17, 15) is 9.59 Å². The van der Waals surface area contributed by atoms with Crippen LogP contribution in [0.1, 0.15) is 26.3 Å². The van der Waals surface area contributed by atoms with Crippen molar-refractivity contribution in [2.75, 3.05) is 11.9 Å². The van der Waals surface area contributed by atoms with Gasteiger partial charge in [0.25, 0.3) is 0 Å². The Morgan fingerprint density at radius 1 is 1.21 bits per heavy atom. The first kappa shape index (κ1) is 15.2. The fourth-order valence-corrected chi connectivity index (χ4v) is 1.97. The van der Waals surface area contributed by atoms with E-state index in [-0.39, 0.29) is 11.8 Å². The molecule has 0 aliphatic rings. The van der Waals surface area contributed by atoms with E-state index >= 15 is 0 Å². The third-order valence-electron chi connectivity index (χ3n) is 3.26. The highest BCUT2D eigenvalue weighted by atomic mass is 16.4. The number of carboxylic acids is 1. The van der Waals surface area contributed by atoms with E-state index < -0.39 is 11.9 Å². The van der Waals surface area contributed by atoms with Gasteiger partial charge in [0.15, 0.2) is 0 Å². The molecule has 4 heteroatoms. The van der Waals surface area contributed by atoms with Crippen LogP contribution >= 0.6 is 0 Å². The molecule has 0 saturated heterocycles. The molecular formula is C15H21NO3. The van der Waals surface area contributed by atoms with Crippen molar-refractivity contribution in [1.29, 1.82) is 0 Å². The Bertz CT molecular complexity index is 451. The normalized spacial score (nSPS) is 12.3. The highest BCUT2D eigenvalue weighted by Gasteiger charge is 2.32. The van der Waals surface area contributed by atoms with E-state index in [2.05, 4.69) is 6.92 Å². The first-order chi connectivity index (χ1) is 8.88. The number of aliphatic carboxylic acids is 1. The Balaban J connectivity index is 2.94. The lowest BCUT2D eigenvalue weighted by Crippen LogP contribution is -2.39. The lowest BCUT2D eigenvalue weighted by atomic mass is 9.94. The fourth-order valence-electron chi connectivity index (χ4n) is 1.97. The SMILES string of the molecule is CCc1ccc(N(C)C(=O)C(C(=O)O)C(C)C)cc1. The van der Waals surface area contributed by atoms with Crippen LogP contribution in [0.5, 0.6) is 0 Å². The van der Waals surface area contributed by atoms with Gasteiger partial charge in [-0.25, -0.2) is 0 Å². The number of carbonyl (C=O) groups is 2. The first-order valence-corrected chi connectivity index (χ1v) is 6.47. The molecule has 0 aromatic heterocycles. The van der Waals surface area contributed by atoms with Crippen LogP contribution in [0.25, 0.3) is 0 Å². The summed E-state index contributed by atoms with van der Waals surface area (Å²) in [5.74, 6) is -2.69. The third kappa shape index (κ3) is 3.56. The van der Waals surface area contributed by atoms with Crippen LogP contribution in [0.4, 0.5) is 5.69 Å². The van der Waals surface area contributed by atoms with Gasteiger partial charge in [0.2, 0.25) is 5.91 Å². The zero-order valence-corrected chi connectivity index (χ0v) is 11.9. The van der Waals surface area contributed by atoms with Gasteiger partial charge in [-0.1, -0.05) is 32.9 Å². The maximum atomic E-state index is 12.2. The smallest absolute Gasteiger partial charge is 0.316 e. The summed E-state index contributed by atoms with van der Waals surface area (Å²) in [5.41, 5.74) is 1.90. The van der Waals surface area contributed by atoms with Gasteiger partial charge in [-0.3, -0.25) is 9.59 Å². The summed E-state index contributed by atoms with van der Waals surface area (Å²) in [6, 6.07) is 7.58. The minimum absolute atomic E-state index is 0.234. The van der Waals surface area contributed by atoms with Crippen LogP contribution in [0.3, 0.4) is 0 Å². The molecule has 0 aliphatic carbocycles. The average molecular weight is 263 g/mol. The highest BCUT2D eigenvalue weighted by molar-refractivity contribution is 6.05. The van der Waals surface area contributed by atoms with Crippen LogP contribution in [0.15, 0.2) is 24.3 Å². The highest BCUT2D eigenvalue weighted by Crippen LogP contribution is 2.20. The van der Waals surface area contributed by atoms with Crippen LogP contribution in [-0.2, 0) is 16.0 Å². The summed E-state index contributed by atoms with van der Waals surface area (Å²) < 4.78 is 0. The Morgan fingerprint density at radius 3 is 2.11 bits per heavy atom. The van der Waals surface area contributed by atoms with Gasteiger partial charge in [-0.2, -0.15) is 0 Å². The minimum atomic E-state index is -1.07. The summed E-state index contributed by atoms with van der Waals surface area (Å²) >= 11 is 0. The van der Waals surface area contributed by atoms with Crippen molar-refractivity contribution < 1.29 is 14.7 Å². The van der Waals surface area contributed by atoms with Crippen molar-refractivity contribution in [2.45, 2.75) is 27.2 Å². The molecule has 4 nitrogen and oxygen atoms in total. The molecule has 1 aromatic carbocycles. The molecular weight excluding hydrogens is 242 g/mol. The van der Waals surface area contributed by atoms with Gasteiger partial charge in [-0.05, 0) is 30.0 Å². The first-order valence-electron chi connectivity index (χ1n) is 6.47. The molecule has 1 rings (SSSR count). The number of carboxylic acid groups (broad SMARTS) is 1. The van der Waals surface area contributed by atoms with Crippen molar-refractivity contribution in [2.24, 2.45) is 11.8 Å². The van der Waals surface area contributed by atoms with E-state index in [1.807, 2.05) is 24.3 Å². The maximum absolute atomic E-state index is 12.2. The van der Waals surface area contributed by atoms with Gasteiger partial charge in [0.05, 0.1) is 0 Å². The third-order valence-corrected chi connectivity index (χ3v) is 3.26. The van der Waals surface area contributed by atoms with Crippen molar-refractivity contribution in [3.8, 4) is 0 Å². The van der Waals surface area contributed by atoms with E-state index in [1.165, 1.54) is 10.5 Å². The molecule has 1 atom stereocenters. The van der Waals surface area contributed by atoms with E-state index in [0.717, 1.165) is 6.42 Å². The second kappa shape index (κ2) is 6.36. The number of rotatable bonds is 5. The van der Waals surface area contributed by atoms with Gasteiger partial charge in [0, 0.05) is 12.7 Å². The summed E-state index contributed by atoms with van der Waals surface area (Å²) in [6.45, 7) is 5.54. The molecule has 0 heterocycles. The molecule has 1 aromatic rings. The Hall–Kier alpha value is -1.84. The summed E-state index contributed by atoms with van der Waals surface area (Å²) in [5, 5.41) is 9.14. The topological polar surface area (TPSA) is 57.6 Å². The van der Waals surface area contributed by atoms with E-state index in [4.69, 9.17) is 5.11 Å². The van der Waals surface area contributed by atoms with Crippen LogP contribution in [0, 0.1) is 11.8 Å². The number of amides is 1. The molecule has 0 bridgehead atoms. The average Bonchev–Trinajstić information content (AvgIpc) is 2.37. The maximum Gasteiger partial charge on any atom is 0.316 e. The number of hydrogen-bond acceptors (Lipinski definition) is 2. The quantitative estimate of drug-likeness (QED) is 0.831. The van der Waals surface area contributed by atoms with Gasteiger partial charge in [-0.15, -0.1) is 0 Å². The van der Waals surface area contributed by atoms with Gasteiger partial charge in [0.1, 0.15) is 5.92 Å². The standard InChI is InChI=1S/C15H21NO3/c1-5-11-6-8-12(9-7-11)16(4)14(17)13(10(2)3)15(18)19/h6-10,13H,5H2,1-4H3,(H,18,19). The van der Waals surface area contributed by atoms with E-state index in [1.54, 1.807) is 20.9 Å². The molecule has 0 fully saturated rings. The van der Waals surface area contributed by atoms with Crippen molar-refractivity contribution in [1.82, 2.24) is 0 Å². The van der Waals surface area contributed by atoms with Gasteiger partial charge < -0.3 is 10.0 Å². The van der Waals surface area contributed by atoms with Crippen LogP contribution in [-0.4, -0.2) is 24.0 Å². The summed E-state index contributed by atoms with van der Waals surface area (Å²) in [6.07, 6.45) is 0.932. The molecule has 0 spiro atoms. The van der Waals surface area contributed by atoms with Crippen LogP contribution in [0.2, 0.25) is 0 Å². The van der Waals surface area contributed by atoms with Crippen molar-refractivity contribution >= 4 is 17.6 Å². The van der Waals surface area contributed by atoms with Crippen molar-refractivity contribution in [3.63, 3.8) is 0 Å². The predicted molar refractivity (Wildman–Crippen MR) is 75.2 cm³/mol. The lowest BCUT2D eigenvalue weighted by Gasteiger charge is -2.23. The minimum Gasteiger partial charge on any atom is -0.481 e. The fraction of sp³-hybridized carbons (Fsp3) is 0.467. The van der Waals surface area contributed by atoms with Gasteiger partial charge >= 0.3 is 5.97 Å².